The molecule has 0 amide bonds. The Morgan fingerprint density at radius 3 is 2.70 bits per heavy atom. The third-order valence-corrected chi connectivity index (χ3v) is 7.29. The van der Waals surface area contributed by atoms with Crippen LogP contribution in [0.3, 0.4) is 0 Å². The maximum atomic E-state index is 6.49. The van der Waals surface area contributed by atoms with E-state index in [1.165, 1.54) is 4.88 Å². The number of thiophene rings is 1. The molecular formula is C20H13Br2ClN2OS. The van der Waals surface area contributed by atoms with Gasteiger partial charge in [0.15, 0.2) is 0 Å². The molecule has 0 saturated carbocycles. The zero-order valence-corrected chi connectivity index (χ0v) is 18.6. The zero-order valence-electron chi connectivity index (χ0n) is 13.9. The highest BCUT2D eigenvalue weighted by Gasteiger charge is 2.41. The van der Waals surface area contributed by atoms with Crippen LogP contribution in [0.4, 0.5) is 0 Å². The van der Waals surface area contributed by atoms with Gasteiger partial charge in [0.2, 0.25) is 6.23 Å². The molecule has 0 unspecified atom stereocenters. The van der Waals surface area contributed by atoms with Crippen molar-refractivity contribution in [1.82, 2.24) is 5.01 Å². The first-order chi connectivity index (χ1) is 13.1. The van der Waals surface area contributed by atoms with E-state index in [1.54, 1.807) is 11.3 Å². The van der Waals surface area contributed by atoms with Crippen LogP contribution < -0.4 is 4.74 Å². The van der Waals surface area contributed by atoms with Gasteiger partial charge in [0.1, 0.15) is 5.75 Å². The molecule has 2 atom stereocenters. The molecule has 0 N–H and O–H groups in total. The predicted molar refractivity (Wildman–Crippen MR) is 117 cm³/mol. The van der Waals surface area contributed by atoms with Crippen molar-refractivity contribution in [3.63, 3.8) is 0 Å². The van der Waals surface area contributed by atoms with E-state index < -0.39 is 0 Å². The smallest absolute Gasteiger partial charge is 0.215 e. The summed E-state index contributed by atoms with van der Waals surface area (Å²) in [5.41, 5.74) is 3.14. The van der Waals surface area contributed by atoms with Gasteiger partial charge in [-0.15, -0.1) is 11.3 Å². The fraction of sp³-hybridized carbons (Fsp3) is 0.150. The minimum atomic E-state index is -0.349. The summed E-state index contributed by atoms with van der Waals surface area (Å²) in [6.45, 7) is 0. The van der Waals surface area contributed by atoms with Crippen LogP contribution in [0.25, 0.3) is 0 Å². The monoisotopic (exact) mass is 522 g/mol. The number of ether oxygens (including phenoxy) is 1. The van der Waals surface area contributed by atoms with E-state index in [1.807, 2.05) is 36.4 Å². The average molecular weight is 525 g/mol. The van der Waals surface area contributed by atoms with E-state index in [0.29, 0.717) is 5.02 Å². The van der Waals surface area contributed by atoms with Crippen molar-refractivity contribution < 1.29 is 4.74 Å². The number of fused-ring (bicyclic) bond motifs is 3. The van der Waals surface area contributed by atoms with Gasteiger partial charge in [-0.25, -0.2) is 5.01 Å². The minimum absolute atomic E-state index is 0.114. The molecule has 0 fully saturated rings. The Morgan fingerprint density at radius 2 is 1.93 bits per heavy atom. The first kappa shape index (κ1) is 17.7. The van der Waals surface area contributed by atoms with Crippen LogP contribution in [0.5, 0.6) is 5.75 Å². The first-order valence-corrected chi connectivity index (χ1v) is 11.2. The summed E-state index contributed by atoms with van der Waals surface area (Å²) in [5.74, 6) is 0.883. The third-order valence-electron chi connectivity index (χ3n) is 4.78. The summed E-state index contributed by atoms with van der Waals surface area (Å²) in [4.78, 5) is 1.17. The summed E-state index contributed by atoms with van der Waals surface area (Å²) in [6, 6.07) is 18.2. The number of benzene rings is 2. The third kappa shape index (κ3) is 3.12. The summed E-state index contributed by atoms with van der Waals surface area (Å²) in [5, 5.41) is 7.70. The Morgan fingerprint density at radius 1 is 1.07 bits per heavy atom. The quantitative estimate of drug-likeness (QED) is 0.355. The lowest BCUT2D eigenvalue weighted by Gasteiger charge is -2.38. The molecule has 0 aliphatic carbocycles. The van der Waals surface area contributed by atoms with Crippen LogP contribution >= 0.6 is 54.8 Å². The van der Waals surface area contributed by atoms with Crippen LogP contribution in [0.15, 0.2) is 68.0 Å². The molecule has 3 heterocycles. The van der Waals surface area contributed by atoms with Crippen molar-refractivity contribution >= 4 is 60.5 Å². The molecule has 0 saturated heterocycles. The van der Waals surface area contributed by atoms with Gasteiger partial charge in [-0.2, -0.15) is 5.10 Å². The van der Waals surface area contributed by atoms with Gasteiger partial charge >= 0.3 is 0 Å². The van der Waals surface area contributed by atoms with Gasteiger partial charge in [-0.3, -0.25) is 0 Å². The molecule has 27 heavy (non-hydrogen) atoms. The average Bonchev–Trinajstić information content (AvgIpc) is 3.28. The molecule has 2 aromatic carbocycles. The van der Waals surface area contributed by atoms with E-state index >= 15 is 0 Å². The van der Waals surface area contributed by atoms with Crippen LogP contribution in [-0.4, -0.2) is 10.7 Å². The molecule has 2 aliphatic heterocycles. The van der Waals surface area contributed by atoms with Crippen molar-refractivity contribution in [3.05, 3.63) is 83.9 Å². The highest BCUT2D eigenvalue weighted by atomic mass is 79.9. The molecule has 1 aromatic heterocycles. The molecule has 0 radical (unpaired) electrons. The standard InChI is InChI=1S/C20H13Br2ClN2OS/c21-11-5-6-17-13(9-11)16-10-15(18-7-8-19(22)27-18)24-25(16)20(26-17)12-3-1-2-4-14(12)23/h1-9,16,20H,10H2/t16-,20-/m1/s1. The van der Waals surface area contributed by atoms with Crippen LogP contribution in [0.1, 0.15) is 34.7 Å². The second kappa shape index (κ2) is 6.92. The molecular weight excluding hydrogens is 512 g/mol. The number of hydrazone groups is 1. The lowest BCUT2D eigenvalue weighted by atomic mass is 9.98. The van der Waals surface area contributed by atoms with Crippen LogP contribution in [0.2, 0.25) is 5.02 Å². The Kier molecular flexibility index (Phi) is 4.55. The van der Waals surface area contributed by atoms with E-state index in [2.05, 4.69) is 55.1 Å². The number of halogens is 3. The van der Waals surface area contributed by atoms with E-state index in [9.17, 15) is 0 Å². The predicted octanol–water partition coefficient (Wildman–Crippen LogP) is 7.17. The SMILES string of the molecule is Clc1ccccc1[C@H]1Oc2ccc(Br)cc2[C@H]2CC(c3ccc(Br)s3)=NN21. The van der Waals surface area contributed by atoms with E-state index in [0.717, 1.165) is 37.3 Å². The molecule has 0 spiro atoms. The normalized spacial score (nSPS) is 20.7. The zero-order chi connectivity index (χ0) is 18.5. The number of nitrogens with zero attached hydrogens (tertiary/aromatic N) is 2. The second-order valence-electron chi connectivity index (χ2n) is 6.42. The molecule has 7 heteroatoms. The fourth-order valence-electron chi connectivity index (χ4n) is 3.56. The van der Waals surface area contributed by atoms with Crippen molar-refractivity contribution in [2.24, 2.45) is 5.10 Å². The summed E-state index contributed by atoms with van der Waals surface area (Å²) >= 11 is 15.3. The lowest BCUT2D eigenvalue weighted by Crippen LogP contribution is -2.33. The first-order valence-electron chi connectivity index (χ1n) is 8.42. The van der Waals surface area contributed by atoms with Crippen LogP contribution in [-0.2, 0) is 0 Å². The minimum Gasteiger partial charge on any atom is -0.464 e. The number of rotatable bonds is 2. The molecule has 2 aliphatic rings. The molecule has 136 valence electrons. The van der Waals surface area contributed by atoms with Gasteiger partial charge in [-0.05, 0) is 52.3 Å². The largest absolute Gasteiger partial charge is 0.464 e. The van der Waals surface area contributed by atoms with E-state index in [-0.39, 0.29) is 12.3 Å². The van der Waals surface area contributed by atoms with Gasteiger partial charge in [0.25, 0.3) is 0 Å². The highest BCUT2D eigenvalue weighted by Crippen LogP contribution is 2.49. The Bertz CT molecular complexity index is 1070. The lowest BCUT2D eigenvalue weighted by molar-refractivity contribution is -0.0190. The number of hydrogen-bond donors (Lipinski definition) is 0. The number of hydrogen-bond acceptors (Lipinski definition) is 4. The highest BCUT2D eigenvalue weighted by molar-refractivity contribution is 9.11. The van der Waals surface area contributed by atoms with Crippen molar-refractivity contribution in [3.8, 4) is 5.75 Å². The molecule has 3 nitrogen and oxygen atoms in total. The Balaban J connectivity index is 1.63. The summed E-state index contributed by atoms with van der Waals surface area (Å²) in [7, 11) is 0. The molecule has 5 rings (SSSR count). The Hall–Kier alpha value is -1.34. The maximum absolute atomic E-state index is 6.49. The summed E-state index contributed by atoms with van der Waals surface area (Å²) in [6.07, 6.45) is 0.485. The van der Waals surface area contributed by atoms with Crippen molar-refractivity contribution in [1.29, 1.82) is 0 Å². The molecule has 3 aromatic rings. The van der Waals surface area contributed by atoms with Gasteiger partial charge in [0.05, 0.1) is 20.4 Å². The fourth-order valence-corrected chi connectivity index (χ4v) is 5.54. The van der Waals surface area contributed by atoms with E-state index in [4.69, 9.17) is 21.4 Å². The van der Waals surface area contributed by atoms with Crippen molar-refractivity contribution in [2.45, 2.75) is 18.7 Å². The van der Waals surface area contributed by atoms with Crippen molar-refractivity contribution in [2.75, 3.05) is 0 Å². The summed E-state index contributed by atoms with van der Waals surface area (Å²) < 4.78 is 8.50. The van der Waals surface area contributed by atoms with Gasteiger partial charge in [-0.1, -0.05) is 45.7 Å². The second-order valence-corrected chi connectivity index (χ2v) is 10.2. The van der Waals surface area contributed by atoms with Gasteiger partial charge in [0, 0.05) is 27.0 Å². The topological polar surface area (TPSA) is 24.8 Å². The molecule has 0 bridgehead atoms. The van der Waals surface area contributed by atoms with Gasteiger partial charge < -0.3 is 4.74 Å². The maximum Gasteiger partial charge on any atom is 0.215 e. The Labute approximate surface area is 182 Å². The van der Waals surface area contributed by atoms with Crippen LogP contribution in [0, 0.1) is 0 Å².